The molecule has 2 fully saturated rings. The summed E-state index contributed by atoms with van der Waals surface area (Å²) in [6.45, 7) is 3.10. The highest BCUT2D eigenvalue weighted by atomic mass is 32.1. The molecule has 2 heterocycles. The number of piperidine rings is 1. The van der Waals surface area contributed by atoms with Crippen molar-refractivity contribution in [2.75, 3.05) is 18.0 Å². The molecule has 0 atom stereocenters. The highest BCUT2D eigenvalue weighted by Crippen LogP contribution is 2.45. The van der Waals surface area contributed by atoms with E-state index in [9.17, 15) is 15.3 Å². The first-order valence-corrected chi connectivity index (χ1v) is 8.66. The van der Waals surface area contributed by atoms with Crippen molar-refractivity contribution in [3.63, 3.8) is 0 Å². The summed E-state index contributed by atoms with van der Waals surface area (Å²) in [5, 5.41) is 30.7. The molecule has 0 unspecified atom stereocenters. The van der Waals surface area contributed by atoms with Crippen molar-refractivity contribution in [2.45, 2.75) is 44.1 Å². The molecule has 3 rings (SSSR count). The average molecular weight is 357 g/mol. The van der Waals surface area contributed by atoms with Gasteiger partial charge in [0.1, 0.15) is 22.6 Å². The highest BCUT2D eigenvalue weighted by molar-refractivity contribution is 7.71. The number of aromatic amines is 1. The molecular weight excluding hydrogens is 338 g/mol. The molecule has 1 amide bonds. The molecule has 8 heteroatoms. The normalized spacial score (nSPS) is 18.9. The molecular formula is C17H19N5O2S. The Labute approximate surface area is 150 Å². The zero-order valence-corrected chi connectivity index (χ0v) is 14.7. The quantitative estimate of drug-likeness (QED) is 0.716. The van der Waals surface area contributed by atoms with Crippen LogP contribution < -0.4 is 10.2 Å². The molecule has 0 spiro atoms. The lowest BCUT2D eigenvalue weighted by atomic mass is 9.89. The fourth-order valence-electron chi connectivity index (χ4n) is 3.46. The Balaban J connectivity index is 1.94. The Hall–Kier alpha value is -2.58. The van der Waals surface area contributed by atoms with Crippen molar-refractivity contribution < 1.29 is 9.90 Å². The van der Waals surface area contributed by atoms with Crippen molar-refractivity contribution in [2.24, 2.45) is 0 Å². The van der Waals surface area contributed by atoms with Crippen LogP contribution in [0.1, 0.15) is 55.2 Å². The van der Waals surface area contributed by atoms with Gasteiger partial charge in [-0.2, -0.15) is 10.5 Å². The molecule has 7 nitrogen and oxygen atoms in total. The second-order valence-electron chi connectivity index (χ2n) is 6.94. The van der Waals surface area contributed by atoms with E-state index in [1.165, 1.54) is 0 Å². The third kappa shape index (κ3) is 3.31. The molecule has 0 bridgehead atoms. The Bertz CT molecular complexity index is 852. The monoisotopic (exact) mass is 357 g/mol. The van der Waals surface area contributed by atoms with Crippen LogP contribution in [0.4, 0.5) is 10.6 Å². The highest BCUT2D eigenvalue weighted by Gasteiger charge is 2.35. The molecule has 1 aliphatic heterocycles. The van der Waals surface area contributed by atoms with Gasteiger partial charge in [0.05, 0.1) is 11.1 Å². The third-order valence-corrected chi connectivity index (χ3v) is 5.34. The van der Waals surface area contributed by atoms with E-state index in [1.54, 1.807) is 0 Å². The maximum Gasteiger partial charge on any atom is 0.405 e. The lowest BCUT2D eigenvalue weighted by Crippen LogP contribution is -2.53. The molecule has 130 valence electrons. The minimum absolute atomic E-state index is 0.239. The molecule has 25 heavy (non-hydrogen) atoms. The second-order valence-corrected chi connectivity index (χ2v) is 7.35. The summed E-state index contributed by atoms with van der Waals surface area (Å²) in [7, 11) is 0. The molecule has 1 aliphatic carbocycles. The summed E-state index contributed by atoms with van der Waals surface area (Å²) in [4.78, 5) is 16.0. The number of hydrogen-bond donors (Lipinski definition) is 3. The van der Waals surface area contributed by atoms with Crippen LogP contribution in [0.5, 0.6) is 0 Å². The van der Waals surface area contributed by atoms with Gasteiger partial charge < -0.3 is 20.3 Å². The number of amides is 1. The van der Waals surface area contributed by atoms with Gasteiger partial charge in [0.2, 0.25) is 0 Å². The van der Waals surface area contributed by atoms with E-state index in [-0.39, 0.29) is 5.92 Å². The summed E-state index contributed by atoms with van der Waals surface area (Å²) in [6.07, 6.45) is 2.18. The van der Waals surface area contributed by atoms with E-state index >= 15 is 0 Å². The zero-order chi connectivity index (χ0) is 18.2. The number of nitriles is 2. The number of carbonyl (C=O) groups is 1. The number of nitrogens with zero attached hydrogens (tertiary/aromatic N) is 3. The number of hydrogen-bond acceptors (Lipinski definition) is 5. The third-order valence-electron chi connectivity index (χ3n) is 5.04. The fourth-order valence-corrected chi connectivity index (χ4v) is 3.71. The van der Waals surface area contributed by atoms with Crippen LogP contribution in [-0.4, -0.2) is 34.8 Å². The van der Waals surface area contributed by atoms with Crippen molar-refractivity contribution in [1.82, 2.24) is 10.3 Å². The van der Waals surface area contributed by atoms with Gasteiger partial charge in [0.15, 0.2) is 0 Å². The van der Waals surface area contributed by atoms with Crippen molar-refractivity contribution in [3.05, 3.63) is 21.3 Å². The number of pyridine rings is 1. The number of aromatic nitrogens is 1. The van der Waals surface area contributed by atoms with Gasteiger partial charge in [-0.05, 0) is 44.1 Å². The number of rotatable bonds is 3. The number of carboxylic acid groups (broad SMARTS) is 1. The van der Waals surface area contributed by atoms with Gasteiger partial charge in [-0.1, -0.05) is 12.2 Å². The van der Waals surface area contributed by atoms with Gasteiger partial charge in [-0.15, -0.1) is 0 Å². The molecule has 0 aromatic carbocycles. The minimum atomic E-state index is -1.03. The second kappa shape index (κ2) is 6.38. The first-order chi connectivity index (χ1) is 11.9. The zero-order valence-electron chi connectivity index (χ0n) is 13.9. The van der Waals surface area contributed by atoms with Crippen molar-refractivity contribution in [3.8, 4) is 12.1 Å². The standard InChI is InChI=1S/C17H19N5O2S/c1-17(21-16(23)24)4-6-22(7-5-17)14-11(8-18)13(10-2-3-10)12(9-19)15(25)20-14/h10,21H,2-7H2,1H3,(H,20,25)(H,23,24). The van der Waals surface area contributed by atoms with E-state index in [0.29, 0.717) is 47.5 Å². The Morgan fingerprint density at radius 2 is 1.92 bits per heavy atom. The molecule has 1 aromatic heterocycles. The van der Waals surface area contributed by atoms with Gasteiger partial charge in [-0.25, -0.2) is 4.79 Å². The Morgan fingerprint density at radius 1 is 1.32 bits per heavy atom. The fraction of sp³-hybridized carbons (Fsp3) is 0.529. The number of H-pyrrole nitrogens is 1. The van der Waals surface area contributed by atoms with Crippen LogP contribution >= 0.6 is 12.2 Å². The smallest absolute Gasteiger partial charge is 0.405 e. The van der Waals surface area contributed by atoms with Crippen LogP contribution in [0.2, 0.25) is 0 Å². The molecule has 0 radical (unpaired) electrons. The van der Waals surface area contributed by atoms with Gasteiger partial charge in [-0.3, -0.25) is 0 Å². The topological polar surface area (TPSA) is 116 Å². The first-order valence-electron chi connectivity index (χ1n) is 8.25. The van der Waals surface area contributed by atoms with Gasteiger partial charge in [0, 0.05) is 18.6 Å². The van der Waals surface area contributed by atoms with Crippen molar-refractivity contribution >= 4 is 24.1 Å². The van der Waals surface area contributed by atoms with Crippen molar-refractivity contribution in [1.29, 1.82) is 10.5 Å². The number of nitrogens with one attached hydrogen (secondary N) is 2. The van der Waals surface area contributed by atoms with E-state index in [1.807, 2.05) is 11.8 Å². The lowest BCUT2D eigenvalue weighted by Gasteiger charge is -2.40. The summed E-state index contributed by atoms with van der Waals surface area (Å²) in [5.74, 6) is 0.897. The molecule has 1 saturated carbocycles. The summed E-state index contributed by atoms with van der Waals surface area (Å²) >= 11 is 5.35. The maximum absolute atomic E-state index is 10.9. The Kier molecular flexibility index (Phi) is 4.40. The number of anilines is 1. The summed E-state index contributed by atoms with van der Waals surface area (Å²) in [5.41, 5.74) is 1.22. The van der Waals surface area contributed by atoms with Crippen LogP contribution in [0.15, 0.2) is 0 Å². The van der Waals surface area contributed by atoms with Crippen LogP contribution in [0.3, 0.4) is 0 Å². The first kappa shape index (κ1) is 17.2. The SMILES string of the molecule is CC1(NC(=O)O)CCN(c2[nH]c(=S)c(C#N)c(C3CC3)c2C#N)CC1. The minimum Gasteiger partial charge on any atom is -0.465 e. The predicted octanol–water partition coefficient (Wildman–Crippen LogP) is 2.99. The largest absolute Gasteiger partial charge is 0.465 e. The van der Waals surface area contributed by atoms with Gasteiger partial charge >= 0.3 is 6.09 Å². The maximum atomic E-state index is 10.9. The van der Waals surface area contributed by atoms with Crippen LogP contribution in [-0.2, 0) is 0 Å². The van der Waals surface area contributed by atoms with Crippen LogP contribution in [0.25, 0.3) is 0 Å². The average Bonchev–Trinajstić information content (AvgIpc) is 3.38. The lowest BCUT2D eigenvalue weighted by molar-refractivity contribution is 0.173. The molecule has 2 aliphatic rings. The molecule has 1 aromatic rings. The Morgan fingerprint density at radius 3 is 2.40 bits per heavy atom. The molecule has 3 N–H and O–H groups in total. The van der Waals surface area contributed by atoms with E-state index in [0.717, 1.165) is 18.4 Å². The van der Waals surface area contributed by atoms with E-state index in [4.69, 9.17) is 17.3 Å². The van der Waals surface area contributed by atoms with Gasteiger partial charge in [0.25, 0.3) is 0 Å². The summed E-state index contributed by atoms with van der Waals surface area (Å²) < 4.78 is 0.371. The van der Waals surface area contributed by atoms with Crippen LogP contribution in [0, 0.1) is 27.3 Å². The van der Waals surface area contributed by atoms with E-state index < -0.39 is 11.6 Å². The molecule has 1 saturated heterocycles. The van der Waals surface area contributed by atoms with E-state index in [2.05, 4.69) is 22.4 Å². The summed E-state index contributed by atoms with van der Waals surface area (Å²) in [6, 6.07) is 4.40. The predicted molar refractivity (Wildman–Crippen MR) is 94.0 cm³/mol.